The van der Waals surface area contributed by atoms with Gasteiger partial charge in [0.25, 0.3) is 0 Å². The summed E-state index contributed by atoms with van der Waals surface area (Å²) in [4.78, 5) is 5.13. The normalized spacial score (nSPS) is 17.1. The van der Waals surface area contributed by atoms with Gasteiger partial charge in [0.1, 0.15) is 10.6 Å². The molecule has 5 nitrogen and oxygen atoms in total. The molecule has 0 aromatic carbocycles. The summed E-state index contributed by atoms with van der Waals surface area (Å²) < 4.78 is 69.7. The van der Waals surface area contributed by atoms with E-state index in [0.29, 0.717) is 11.5 Å². The van der Waals surface area contributed by atoms with Crippen LogP contribution in [-0.4, -0.2) is 27.0 Å². The van der Waals surface area contributed by atoms with Crippen molar-refractivity contribution in [2.75, 3.05) is 0 Å². The molecule has 2 heterocycles. The van der Waals surface area contributed by atoms with E-state index in [2.05, 4.69) is 15.0 Å². The minimum absolute atomic E-state index is 0.0348. The summed E-state index contributed by atoms with van der Waals surface area (Å²) in [5, 5.41) is 7.66. The van der Waals surface area contributed by atoms with Gasteiger partial charge in [0, 0.05) is 18.7 Å². The Bertz CT molecular complexity index is 628. The standard InChI is InChI=1S/C13H16F5N3O2S/c1-4-21-10(22-11(14)15)7(9(19-21)13(16,17)18)6-24-8-5-12(2,3)23-20-8/h11H,4-6H2,1-3H3. The predicted molar refractivity (Wildman–Crippen MR) is 78.0 cm³/mol. The lowest BCUT2D eigenvalue weighted by Crippen LogP contribution is -2.18. The topological polar surface area (TPSA) is 48.6 Å². The third kappa shape index (κ3) is 4.31. The van der Waals surface area contributed by atoms with Gasteiger partial charge in [-0.2, -0.15) is 27.1 Å². The van der Waals surface area contributed by atoms with E-state index in [1.54, 1.807) is 13.8 Å². The number of nitrogens with zero attached hydrogens (tertiary/aromatic N) is 3. The van der Waals surface area contributed by atoms with Crippen LogP contribution >= 0.6 is 11.8 Å². The molecule has 0 fully saturated rings. The molecule has 0 spiro atoms. The van der Waals surface area contributed by atoms with E-state index in [-0.39, 0.29) is 12.3 Å². The highest BCUT2D eigenvalue weighted by molar-refractivity contribution is 8.13. The number of thioether (sulfide) groups is 1. The van der Waals surface area contributed by atoms with Crippen molar-refractivity contribution in [3.8, 4) is 5.88 Å². The smallest absolute Gasteiger partial charge is 0.417 e. The maximum atomic E-state index is 13.2. The van der Waals surface area contributed by atoms with Gasteiger partial charge < -0.3 is 9.57 Å². The van der Waals surface area contributed by atoms with E-state index in [0.717, 1.165) is 16.4 Å². The van der Waals surface area contributed by atoms with Crippen molar-refractivity contribution in [2.45, 2.75) is 57.9 Å². The summed E-state index contributed by atoms with van der Waals surface area (Å²) in [6.45, 7) is 1.77. The number of aromatic nitrogens is 2. The van der Waals surface area contributed by atoms with E-state index in [9.17, 15) is 22.0 Å². The molecule has 2 rings (SSSR count). The maximum Gasteiger partial charge on any atom is 0.435 e. The maximum absolute atomic E-state index is 13.2. The summed E-state index contributed by atoms with van der Waals surface area (Å²) in [5.74, 6) is -0.832. The Hall–Kier alpha value is -1.52. The lowest BCUT2D eigenvalue weighted by molar-refractivity contribution is -0.142. The summed E-state index contributed by atoms with van der Waals surface area (Å²) in [7, 11) is 0. The van der Waals surface area contributed by atoms with Gasteiger partial charge in [-0.05, 0) is 20.8 Å². The number of oxime groups is 1. The van der Waals surface area contributed by atoms with E-state index in [4.69, 9.17) is 4.84 Å². The van der Waals surface area contributed by atoms with E-state index in [1.165, 1.54) is 6.92 Å². The number of alkyl halides is 5. The highest BCUT2D eigenvalue weighted by atomic mass is 32.2. The number of hydrogen-bond donors (Lipinski definition) is 0. The average Bonchev–Trinajstić information content (AvgIpc) is 2.95. The molecule has 0 atom stereocenters. The number of rotatable bonds is 5. The van der Waals surface area contributed by atoms with Crippen molar-refractivity contribution in [1.29, 1.82) is 0 Å². The van der Waals surface area contributed by atoms with Crippen molar-refractivity contribution in [3.63, 3.8) is 0 Å². The summed E-state index contributed by atoms with van der Waals surface area (Å²) in [5.41, 5.74) is -2.20. The van der Waals surface area contributed by atoms with Crippen molar-refractivity contribution in [3.05, 3.63) is 11.3 Å². The lowest BCUT2D eigenvalue weighted by atomic mass is 10.1. The van der Waals surface area contributed by atoms with Crippen LogP contribution in [0.15, 0.2) is 5.16 Å². The summed E-state index contributed by atoms with van der Waals surface area (Å²) in [6, 6.07) is 0. The van der Waals surface area contributed by atoms with Crippen LogP contribution in [0.25, 0.3) is 0 Å². The van der Waals surface area contributed by atoms with Crippen molar-refractivity contribution >= 4 is 16.8 Å². The Labute approximate surface area is 139 Å². The minimum atomic E-state index is -4.77. The number of halogens is 5. The van der Waals surface area contributed by atoms with Crippen LogP contribution in [0.3, 0.4) is 0 Å². The molecule has 1 aromatic rings. The van der Waals surface area contributed by atoms with Crippen LogP contribution in [0.4, 0.5) is 22.0 Å². The molecule has 11 heteroatoms. The fourth-order valence-electron chi connectivity index (χ4n) is 2.11. The van der Waals surface area contributed by atoms with Crippen LogP contribution in [0.5, 0.6) is 5.88 Å². The van der Waals surface area contributed by atoms with Crippen LogP contribution < -0.4 is 4.74 Å². The van der Waals surface area contributed by atoms with Gasteiger partial charge in [-0.3, -0.25) is 0 Å². The second-order valence-corrected chi connectivity index (χ2v) is 6.67. The summed E-state index contributed by atoms with van der Waals surface area (Å²) in [6.07, 6.45) is -4.35. The molecule has 0 N–H and O–H groups in total. The first-order chi connectivity index (χ1) is 11.0. The molecule has 0 amide bonds. The van der Waals surface area contributed by atoms with E-state index < -0.39 is 35.5 Å². The zero-order chi connectivity index (χ0) is 18.1. The van der Waals surface area contributed by atoms with Gasteiger partial charge in [-0.15, -0.1) is 11.8 Å². The molecule has 1 aromatic heterocycles. The Balaban J connectivity index is 2.29. The summed E-state index contributed by atoms with van der Waals surface area (Å²) >= 11 is 0.982. The van der Waals surface area contributed by atoms with Crippen LogP contribution in [-0.2, 0) is 23.3 Å². The third-order valence-electron chi connectivity index (χ3n) is 3.12. The first kappa shape index (κ1) is 18.8. The molecule has 0 saturated carbocycles. The van der Waals surface area contributed by atoms with Gasteiger partial charge in [0.05, 0.1) is 5.56 Å². The van der Waals surface area contributed by atoms with Gasteiger partial charge in [0.2, 0.25) is 5.88 Å². The largest absolute Gasteiger partial charge is 0.435 e. The fraction of sp³-hybridized carbons (Fsp3) is 0.692. The highest BCUT2D eigenvalue weighted by Gasteiger charge is 2.40. The molecular weight excluding hydrogens is 357 g/mol. The fourth-order valence-corrected chi connectivity index (χ4v) is 3.22. The van der Waals surface area contributed by atoms with Crippen molar-refractivity contribution in [2.24, 2.45) is 5.16 Å². The lowest BCUT2D eigenvalue weighted by Gasteiger charge is -2.13. The molecule has 1 aliphatic heterocycles. The third-order valence-corrected chi connectivity index (χ3v) is 4.11. The van der Waals surface area contributed by atoms with Crippen LogP contribution in [0.1, 0.15) is 38.4 Å². The molecule has 0 aliphatic carbocycles. The van der Waals surface area contributed by atoms with Crippen molar-refractivity contribution in [1.82, 2.24) is 9.78 Å². The number of aryl methyl sites for hydroxylation is 1. The molecule has 0 radical (unpaired) electrons. The molecular formula is C13H16F5N3O2S. The average molecular weight is 373 g/mol. The minimum Gasteiger partial charge on any atom is -0.417 e. The van der Waals surface area contributed by atoms with Crippen LogP contribution in [0.2, 0.25) is 0 Å². The van der Waals surface area contributed by atoms with Crippen molar-refractivity contribution < 1.29 is 31.5 Å². The Kier molecular flexibility index (Phi) is 5.31. The SMILES string of the molecule is CCn1nc(C(F)(F)F)c(CSC2=NOC(C)(C)C2)c1OC(F)F. The molecule has 0 bridgehead atoms. The zero-order valence-corrected chi connectivity index (χ0v) is 14.0. The van der Waals surface area contributed by atoms with Gasteiger partial charge in [0.15, 0.2) is 5.69 Å². The molecule has 0 saturated heterocycles. The Morgan fingerprint density at radius 1 is 1.38 bits per heavy atom. The molecule has 1 aliphatic rings. The molecule has 136 valence electrons. The second kappa shape index (κ2) is 6.77. The van der Waals surface area contributed by atoms with E-state index in [1.807, 2.05) is 0 Å². The van der Waals surface area contributed by atoms with Gasteiger partial charge >= 0.3 is 12.8 Å². The first-order valence-corrected chi connectivity index (χ1v) is 8.01. The Morgan fingerprint density at radius 2 is 2.04 bits per heavy atom. The Morgan fingerprint density at radius 3 is 2.50 bits per heavy atom. The number of hydrogen-bond acceptors (Lipinski definition) is 5. The highest BCUT2D eigenvalue weighted by Crippen LogP contribution is 2.39. The monoisotopic (exact) mass is 373 g/mol. The quantitative estimate of drug-likeness (QED) is 0.724. The predicted octanol–water partition coefficient (Wildman–Crippen LogP) is 4.27. The second-order valence-electron chi connectivity index (χ2n) is 5.63. The molecule has 0 unspecified atom stereocenters. The first-order valence-electron chi connectivity index (χ1n) is 7.03. The van der Waals surface area contributed by atoms with Gasteiger partial charge in [-0.1, -0.05) is 5.16 Å². The molecule has 24 heavy (non-hydrogen) atoms. The van der Waals surface area contributed by atoms with Gasteiger partial charge in [-0.25, -0.2) is 4.68 Å². The zero-order valence-electron chi connectivity index (χ0n) is 13.2. The van der Waals surface area contributed by atoms with E-state index >= 15 is 0 Å². The van der Waals surface area contributed by atoms with Crippen LogP contribution in [0, 0.1) is 0 Å². The number of ether oxygens (including phenoxy) is 1.